The van der Waals surface area contributed by atoms with Crippen LogP contribution in [0.15, 0.2) is 6.20 Å². The molecule has 0 aromatic carbocycles. The topological polar surface area (TPSA) is 78.9 Å². The van der Waals surface area contributed by atoms with Gasteiger partial charge in [0.15, 0.2) is 0 Å². The van der Waals surface area contributed by atoms with Crippen LogP contribution in [0, 0.1) is 11.3 Å². The molecule has 0 aliphatic rings. The Labute approximate surface area is 68.8 Å². The fraction of sp³-hybridized carbons (Fsp3) is 0.286. The zero-order valence-electron chi connectivity index (χ0n) is 6.48. The minimum atomic E-state index is -0.963. The summed E-state index contributed by atoms with van der Waals surface area (Å²) < 4.78 is 1.40. The summed E-state index contributed by atoms with van der Waals surface area (Å²) >= 11 is 0. The molecule has 1 aromatic rings. The lowest BCUT2D eigenvalue weighted by Gasteiger charge is -1.96. The molecule has 0 unspecified atom stereocenters. The Bertz CT molecular complexity index is 348. The molecule has 0 aliphatic carbocycles. The van der Waals surface area contributed by atoms with Crippen molar-refractivity contribution in [3.8, 4) is 6.07 Å². The first-order valence-corrected chi connectivity index (χ1v) is 3.28. The maximum Gasteiger partial charge on any atom is 0.309 e. The molecule has 0 aliphatic heterocycles. The summed E-state index contributed by atoms with van der Waals surface area (Å²) in [7, 11) is 1.61. The Kier molecular flexibility index (Phi) is 2.10. The van der Waals surface area contributed by atoms with E-state index in [1.165, 1.54) is 10.9 Å². The Balaban J connectivity index is 3.04. The Morgan fingerprint density at radius 3 is 3.08 bits per heavy atom. The summed E-state index contributed by atoms with van der Waals surface area (Å²) in [6.45, 7) is 0. The summed E-state index contributed by atoms with van der Waals surface area (Å²) in [6, 6.07) is 1.88. The van der Waals surface area contributed by atoms with Crippen molar-refractivity contribution >= 4 is 5.97 Å². The van der Waals surface area contributed by atoms with Crippen molar-refractivity contribution in [2.75, 3.05) is 0 Å². The summed E-state index contributed by atoms with van der Waals surface area (Å²) in [5, 5.41) is 20.8. The number of carboxylic acids is 1. The van der Waals surface area contributed by atoms with Crippen molar-refractivity contribution in [3.05, 3.63) is 17.5 Å². The van der Waals surface area contributed by atoms with Crippen molar-refractivity contribution in [1.82, 2.24) is 9.78 Å². The number of aryl methyl sites for hydroxylation is 1. The largest absolute Gasteiger partial charge is 0.481 e. The fourth-order valence-corrected chi connectivity index (χ4v) is 0.909. The van der Waals surface area contributed by atoms with Crippen LogP contribution in [0.5, 0.6) is 0 Å². The third-order valence-corrected chi connectivity index (χ3v) is 1.50. The van der Waals surface area contributed by atoms with Crippen molar-refractivity contribution in [2.45, 2.75) is 6.42 Å². The second-order valence-electron chi connectivity index (χ2n) is 2.31. The van der Waals surface area contributed by atoms with E-state index >= 15 is 0 Å². The van der Waals surface area contributed by atoms with E-state index in [1.807, 2.05) is 6.07 Å². The van der Waals surface area contributed by atoms with Crippen LogP contribution >= 0.6 is 0 Å². The highest BCUT2D eigenvalue weighted by atomic mass is 16.4. The molecule has 0 atom stereocenters. The number of hydrogen-bond acceptors (Lipinski definition) is 3. The predicted octanol–water partition coefficient (Wildman–Crippen LogP) is -0.0811. The summed E-state index contributed by atoms with van der Waals surface area (Å²) in [5.74, 6) is -0.963. The number of hydrogen-bond donors (Lipinski definition) is 1. The van der Waals surface area contributed by atoms with Crippen molar-refractivity contribution in [2.24, 2.45) is 7.05 Å². The average molecular weight is 165 g/mol. The smallest absolute Gasteiger partial charge is 0.309 e. The van der Waals surface area contributed by atoms with Gasteiger partial charge in [0.05, 0.1) is 23.9 Å². The SMILES string of the molecule is Cn1ncc(C#N)c1CC(=O)O. The molecule has 0 saturated carbocycles. The van der Waals surface area contributed by atoms with Crippen LogP contribution in [0.25, 0.3) is 0 Å². The molecule has 0 fully saturated rings. The molecular weight excluding hydrogens is 158 g/mol. The monoisotopic (exact) mass is 165 g/mol. The van der Waals surface area contributed by atoms with Crippen LogP contribution in [0.1, 0.15) is 11.3 Å². The van der Waals surface area contributed by atoms with Gasteiger partial charge >= 0.3 is 5.97 Å². The normalized spacial score (nSPS) is 9.33. The van der Waals surface area contributed by atoms with Gasteiger partial charge in [-0.2, -0.15) is 10.4 Å². The molecule has 1 heterocycles. The molecule has 0 bridgehead atoms. The predicted molar refractivity (Wildman–Crippen MR) is 39.3 cm³/mol. The van der Waals surface area contributed by atoms with Crippen LogP contribution in [-0.2, 0) is 18.3 Å². The van der Waals surface area contributed by atoms with Gasteiger partial charge in [-0.25, -0.2) is 0 Å². The molecule has 0 amide bonds. The molecule has 0 spiro atoms. The molecule has 1 aromatic heterocycles. The minimum Gasteiger partial charge on any atom is -0.481 e. The first-order valence-electron chi connectivity index (χ1n) is 3.28. The van der Waals surface area contributed by atoms with E-state index in [-0.39, 0.29) is 6.42 Å². The molecule has 5 nitrogen and oxygen atoms in total. The van der Waals surface area contributed by atoms with Gasteiger partial charge < -0.3 is 5.11 Å². The van der Waals surface area contributed by atoms with E-state index in [0.717, 1.165) is 0 Å². The lowest BCUT2D eigenvalue weighted by atomic mass is 10.2. The molecule has 0 radical (unpaired) electrons. The molecular formula is C7H7N3O2. The van der Waals surface area contributed by atoms with Gasteiger partial charge in [0, 0.05) is 7.05 Å². The van der Waals surface area contributed by atoms with E-state index < -0.39 is 5.97 Å². The summed E-state index contributed by atoms with van der Waals surface area (Å²) in [4.78, 5) is 10.3. The lowest BCUT2D eigenvalue weighted by molar-refractivity contribution is -0.136. The third-order valence-electron chi connectivity index (χ3n) is 1.50. The van der Waals surface area contributed by atoms with E-state index in [2.05, 4.69) is 5.10 Å². The molecule has 1 N–H and O–H groups in total. The van der Waals surface area contributed by atoms with Gasteiger partial charge in [-0.05, 0) is 0 Å². The van der Waals surface area contributed by atoms with Gasteiger partial charge in [-0.1, -0.05) is 0 Å². The minimum absolute atomic E-state index is 0.167. The van der Waals surface area contributed by atoms with Crippen LogP contribution in [0.4, 0.5) is 0 Å². The van der Waals surface area contributed by atoms with E-state index in [0.29, 0.717) is 11.3 Å². The zero-order chi connectivity index (χ0) is 9.14. The lowest BCUT2D eigenvalue weighted by Crippen LogP contribution is -2.07. The van der Waals surface area contributed by atoms with Crippen molar-refractivity contribution < 1.29 is 9.90 Å². The van der Waals surface area contributed by atoms with E-state index in [9.17, 15) is 4.79 Å². The summed E-state index contributed by atoms with van der Waals surface area (Å²) in [6.07, 6.45) is 1.19. The first kappa shape index (κ1) is 8.27. The van der Waals surface area contributed by atoms with E-state index in [4.69, 9.17) is 10.4 Å². The fourth-order valence-electron chi connectivity index (χ4n) is 0.909. The number of carbonyl (C=O) groups is 1. The third kappa shape index (κ3) is 1.42. The second-order valence-corrected chi connectivity index (χ2v) is 2.31. The Morgan fingerprint density at radius 1 is 1.92 bits per heavy atom. The van der Waals surface area contributed by atoms with E-state index in [1.54, 1.807) is 7.05 Å². The number of aromatic nitrogens is 2. The molecule has 62 valence electrons. The first-order chi connectivity index (χ1) is 5.65. The number of nitriles is 1. The number of carboxylic acid groups (broad SMARTS) is 1. The highest BCUT2D eigenvalue weighted by Crippen LogP contribution is 2.06. The Morgan fingerprint density at radius 2 is 2.58 bits per heavy atom. The van der Waals surface area contributed by atoms with Crippen molar-refractivity contribution in [3.63, 3.8) is 0 Å². The zero-order valence-corrected chi connectivity index (χ0v) is 6.48. The van der Waals surface area contributed by atoms with Gasteiger partial charge in [0.2, 0.25) is 0 Å². The average Bonchev–Trinajstić information content (AvgIpc) is 2.32. The number of nitrogens with zero attached hydrogens (tertiary/aromatic N) is 3. The van der Waals surface area contributed by atoms with Gasteiger partial charge in [0.25, 0.3) is 0 Å². The molecule has 12 heavy (non-hydrogen) atoms. The molecule has 1 rings (SSSR count). The highest BCUT2D eigenvalue weighted by molar-refractivity contribution is 5.70. The molecule has 0 saturated heterocycles. The van der Waals surface area contributed by atoms with Gasteiger partial charge in [-0.3, -0.25) is 9.48 Å². The quantitative estimate of drug-likeness (QED) is 0.664. The molecule has 5 heteroatoms. The maximum atomic E-state index is 10.3. The van der Waals surface area contributed by atoms with Gasteiger partial charge in [-0.15, -0.1) is 0 Å². The van der Waals surface area contributed by atoms with Crippen molar-refractivity contribution in [1.29, 1.82) is 5.26 Å². The van der Waals surface area contributed by atoms with Gasteiger partial charge in [0.1, 0.15) is 6.07 Å². The highest BCUT2D eigenvalue weighted by Gasteiger charge is 2.10. The standard InChI is InChI=1S/C7H7N3O2/c1-10-6(2-7(11)12)5(3-8)4-9-10/h4H,2H2,1H3,(H,11,12). The second kappa shape index (κ2) is 3.05. The maximum absolute atomic E-state index is 10.3. The Hall–Kier alpha value is -1.83. The number of aliphatic carboxylic acids is 1. The van der Waals surface area contributed by atoms with Crippen LogP contribution < -0.4 is 0 Å². The van der Waals surface area contributed by atoms with Crippen LogP contribution in [0.2, 0.25) is 0 Å². The summed E-state index contributed by atoms with van der Waals surface area (Å²) in [5.41, 5.74) is 0.755. The number of rotatable bonds is 2. The van der Waals surface area contributed by atoms with Crippen LogP contribution in [0.3, 0.4) is 0 Å². The van der Waals surface area contributed by atoms with Crippen LogP contribution in [-0.4, -0.2) is 20.9 Å².